The molecular formula is C11H11NO5S. The van der Waals surface area contributed by atoms with Crippen molar-refractivity contribution in [3.63, 3.8) is 0 Å². The normalized spacial score (nSPS) is 10.6. The minimum Gasteiger partial charge on any atom is -0.395 e. The average molecular weight is 269 g/mol. The van der Waals surface area contributed by atoms with E-state index >= 15 is 0 Å². The van der Waals surface area contributed by atoms with Gasteiger partial charge in [0.2, 0.25) is 0 Å². The first-order chi connectivity index (χ1) is 8.36. The van der Waals surface area contributed by atoms with Crippen LogP contribution in [0.2, 0.25) is 0 Å². The lowest BCUT2D eigenvalue weighted by Gasteiger charge is -2.00. The van der Waals surface area contributed by atoms with E-state index in [-0.39, 0.29) is 29.2 Å². The maximum atomic E-state index is 11.3. The quantitative estimate of drug-likeness (QED) is 0.495. The van der Waals surface area contributed by atoms with Crippen LogP contribution in [-0.2, 0) is 9.84 Å². The van der Waals surface area contributed by atoms with Gasteiger partial charge < -0.3 is 5.11 Å². The molecule has 0 aliphatic rings. The van der Waals surface area contributed by atoms with Gasteiger partial charge in [0, 0.05) is 18.7 Å². The van der Waals surface area contributed by atoms with Crippen LogP contribution in [0.1, 0.15) is 12.0 Å². The smallest absolute Gasteiger partial charge is 0.286 e. The fourth-order valence-corrected chi connectivity index (χ4v) is 1.85. The number of benzene rings is 1. The Morgan fingerprint density at radius 2 is 2.11 bits per heavy atom. The highest BCUT2D eigenvalue weighted by Gasteiger charge is 2.17. The molecule has 0 unspecified atom stereocenters. The first kappa shape index (κ1) is 14.2. The molecule has 0 saturated carbocycles. The molecule has 1 N–H and O–H groups in total. The number of hydrogen-bond donors (Lipinski definition) is 1. The van der Waals surface area contributed by atoms with Gasteiger partial charge in [-0.3, -0.25) is 10.1 Å². The molecule has 0 aromatic heterocycles. The van der Waals surface area contributed by atoms with Crippen LogP contribution >= 0.6 is 0 Å². The van der Waals surface area contributed by atoms with Crippen LogP contribution in [0.25, 0.3) is 0 Å². The van der Waals surface area contributed by atoms with E-state index in [0.29, 0.717) is 0 Å². The van der Waals surface area contributed by atoms with E-state index in [2.05, 4.69) is 11.8 Å². The number of nitrogens with zero attached hydrogens (tertiary/aromatic N) is 1. The second kappa shape index (κ2) is 5.62. The standard InChI is InChI=1S/C11H11NO5S/c1-18(16,17)10-6-5-9(4-2-3-7-13)11(8-10)12(14)15/h5-6,8,13H,3,7H2,1H3. The fourth-order valence-electron chi connectivity index (χ4n) is 1.21. The molecular weight excluding hydrogens is 258 g/mol. The van der Waals surface area contributed by atoms with Crippen LogP contribution in [0.3, 0.4) is 0 Å². The fraction of sp³-hybridized carbons (Fsp3) is 0.273. The number of aliphatic hydroxyl groups excluding tert-OH is 1. The molecule has 0 aliphatic carbocycles. The predicted molar refractivity (Wildman–Crippen MR) is 64.8 cm³/mol. The topological polar surface area (TPSA) is 97.5 Å². The Morgan fingerprint density at radius 1 is 1.44 bits per heavy atom. The zero-order valence-electron chi connectivity index (χ0n) is 9.58. The van der Waals surface area contributed by atoms with Crippen LogP contribution in [0, 0.1) is 22.0 Å². The lowest BCUT2D eigenvalue weighted by atomic mass is 10.2. The summed E-state index contributed by atoms with van der Waals surface area (Å²) in [6.45, 7) is -0.137. The molecule has 7 heteroatoms. The Bertz CT molecular complexity index is 625. The highest BCUT2D eigenvalue weighted by atomic mass is 32.2. The van der Waals surface area contributed by atoms with Gasteiger partial charge in [0.15, 0.2) is 9.84 Å². The third-order valence-electron chi connectivity index (χ3n) is 2.05. The van der Waals surface area contributed by atoms with Crippen molar-refractivity contribution in [2.24, 2.45) is 0 Å². The Hall–Kier alpha value is -1.91. The van der Waals surface area contributed by atoms with Gasteiger partial charge in [-0.15, -0.1) is 0 Å². The molecule has 0 atom stereocenters. The molecule has 0 aliphatic heterocycles. The molecule has 6 nitrogen and oxygen atoms in total. The van der Waals surface area contributed by atoms with Gasteiger partial charge in [0.1, 0.15) is 5.56 Å². The van der Waals surface area contributed by atoms with E-state index in [9.17, 15) is 18.5 Å². The van der Waals surface area contributed by atoms with E-state index in [4.69, 9.17) is 5.11 Å². The summed E-state index contributed by atoms with van der Waals surface area (Å²) >= 11 is 0. The first-order valence-corrected chi connectivity index (χ1v) is 6.83. The first-order valence-electron chi connectivity index (χ1n) is 4.94. The average Bonchev–Trinajstić information content (AvgIpc) is 2.28. The SMILES string of the molecule is CS(=O)(=O)c1ccc(C#CCCO)c([N+](=O)[O-])c1. The van der Waals surface area contributed by atoms with Crippen molar-refractivity contribution in [1.29, 1.82) is 0 Å². The van der Waals surface area contributed by atoms with Gasteiger partial charge in [-0.1, -0.05) is 11.8 Å². The van der Waals surface area contributed by atoms with E-state index in [0.717, 1.165) is 12.3 Å². The Kier molecular flexibility index (Phi) is 4.42. The summed E-state index contributed by atoms with van der Waals surface area (Å²) in [5, 5.41) is 19.4. The molecule has 18 heavy (non-hydrogen) atoms. The van der Waals surface area contributed by atoms with E-state index in [1.54, 1.807) is 0 Å². The molecule has 0 amide bonds. The van der Waals surface area contributed by atoms with Crippen LogP contribution in [0.4, 0.5) is 5.69 Å². The van der Waals surface area contributed by atoms with Gasteiger partial charge in [0.05, 0.1) is 16.4 Å². The molecule has 1 aromatic carbocycles. The van der Waals surface area contributed by atoms with Gasteiger partial charge in [-0.05, 0) is 12.1 Å². The second-order valence-corrected chi connectivity index (χ2v) is 5.50. The molecule has 0 fully saturated rings. The minimum absolute atomic E-state index is 0.123. The number of rotatable bonds is 3. The summed E-state index contributed by atoms with van der Waals surface area (Å²) in [5.41, 5.74) is -0.232. The number of hydrogen-bond acceptors (Lipinski definition) is 5. The number of sulfone groups is 1. The summed E-state index contributed by atoms with van der Waals surface area (Å²) in [6, 6.07) is 3.54. The summed E-state index contributed by atoms with van der Waals surface area (Å²) in [7, 11) is -3.49. The third-order valence-corrected chi connectivity index (χ3v) is 3.16. The lowest BCUT2D eigenvalue weighted by Crippen LogP contribution is -2.00. The van der Waals surface area contributed by atoms with Crippen LogP contribution in [-0.4, -0.2) is 31.3 Å². The summed E-state index contributed by atoms with van der Waals surface area (Å²) in [5.74, 6) is 5.08. The molecule has 1 aromatic rings. The monoisotopic (exact) mass is 269 g/mol. The third kappa shape index (κ3) is 3.55. The maximum absolute atomic E-state index is 11.3. The Labute approximate surface area is 104 Å². The van der Waals surface area contributed by atoms with Gasteiger partial charge in [0.25, 0.3) is 5.69 Å². The van der Waals surface area contributed by atoms with Crippen molar-refractivity contribution in [1.82, 2.24) is 0 Å². The Morgan fingerprint density at radius 3 is 2.61 bits per heavy atom. The summed E-state index contributed by atoms with van der Waals surface area (Å²) < 4.78 is 22.6. The predicted octanol–water partition coefficient (Wildman–Crippen LogP) is 0.732. The van der Waals surface area contributed by atoms with Gasteiger partial charge >= 0.3 is 0 Å². The van der Waals surface area contributed by atoms with Crippen LogP contribution in [0.5, 0.6) is 0 Å². The highest BCUT2D eigenvalue weighted by molar-refractivity contribution is 7.90. The van der Waals surface area contributed by atoms with Crippen molar-refractivity contribution < 1.29 is 18.4 Å². The van der Waals surface area contributed by atoms with Crippen molar-refractivity contribution >= 4 is 15.5 Å². The molecule has 1 rings (SSSR count). The van der Waals surface area contributed by atoms with Gasteiger partial charge in [-0.2, -0.15) is 0 Å². The zero-order chi connectivity index (χ0) is 13.8. The Balaban J connectivity index is 3.31. The van der Waals surface area contributed by atoms with Crippen LogP contribution < -0.4 is 0 Å². The summed E-state index contributed by atoms with van der Waals surface area (Å²) in [4.78, 5) is 10.0. The van der Waals surface area contributed by atoms with Crippen molar-refractivity contribution in [3.8, 4) is 11.8 Å². The number of nitro groups is 1. The molecule has 0 bridgehead atoms. The zero-order valence-corrected chi connectivity index (χ0v) is 10.4. The van der Waals surface area contributed by atoms with Gasteiger partial charge in [-0.25, -0.2) is 8.42 Å². The van der Waals surface area contributed by atoms with E-state index in [1.165, 1.54) is 12.1 Å². The molecule has 0 spiro atoms. The van der Waals surface area contributed by atoms with Crippen LogP contribution in [0.15, 0.2) is 23.1 Å². The number of aliphatic hydroxyl groups is 1. The van der Waals surface area contributed by atoms with Crippen molar-refractivity contribution in [2.45, 2.75) is 11.3 Å². The second-order valence-electron chi connectivity index (χ2n) is 3.48. The molecule has 96 valence electrons. The molecule has 0 heterocycles. The van der Waals surface area contributed by atoms with Crippen molar-refractivity contribution in [2.75, 3.05) is 12.9 Å². The van der Waals surface area contributed by atoms with Crippen molar-refractivity contribution in [3.05, 3.63) is 33.9 Å². The highest BCUT2D eigenvalue weighted by Crippen LogP contribution is 2.22. The largest absolute Gasteiger partial charge is 0.395 e. The van der Waals surface area contributed by atoms with E-state index < -0.39 is 14.8 Å². The molecule has 0 saturated heterocycles. The summed E-state index contributed by atoms with van der Waals surface area (Å²) in [6.07, 6.45) is 1.17. The number of nitro benzene ring substituents is 1. The van der Waals surface area contributed by atoms with E-state index in [1.807, 2.05) is 0 Å². The maximum Gasteiger partial charge on any atom is 0.286 e. The minimum atomic E-state index is -3.49. The lowest BCUT2D eigenvalue weighted by molar-refractivity contribution is -0.385. The molecule has 0 radical (unpaired) electrons.